The molecule has 5 aromatic rings. The van der Waals surface area contributed by atoms with Gasteiger partial charge in [0, 0.05) is 41.1 Å². The SMILES string of the molecule is O=C(Nc1ccc(-c2cc3cc(NC(=O)[C@@H]4CCCN4C(=O)[C@@H](c4ccccc4)N4CCCCC4)ccc3[nH]2)cc1)[C@@H]1CCCN1C(=O)Cc1ccccc1. The maximum absolute atomic E-state index is 14.2. The number of anilines is 2. The zero-order valence-electron chi connectivity index (χ0n) is 31.1. The molecule has 0 bridgehead atoms. The monoisotopic (exact) mass is 736 g/mol. The molecule has 0 aliphatic carbocycles. The Labute approximate surface area is 321 Å². The van der Waals surface area contributed by atoms with Crippen molar-refractivity contribution in [1.82, 2.24) is 19.7 Å². The minimum Gasteiger partial charge on any atom is -0.355 e. The van der Waals surface area contributed by atoms with E-state index in [9.17, 15) is 19.2 Å². The van der Waals surface area contributed by atoms with E-state index in [4.69, 9.17) is 0 Å². The van der Waals surface area contributed by atoms with Gasteiger partial charge in [-0.25, -0.2) is 0 Å². The third-order valence-electron chi connectivity index (χ3n) is 11.4. The van der Waals surface area contributed by atoms with Gasteiger partial charge in [0.2, 0.25) is 23.6 Å². The molecule has 0 unspecified atom stereocenters. The van der Waals surface area contributed by atoms with Crippen LogP contribution in [0.3, 0.4) is 0 Å². The number of nitrogens with one attached hydrogen (secondary N) is 3. The van der Waals surface area contributed by atoms with Crippen LogP contribution in [0.25, 0.3) is 22.2 Å². The lowest BCUT2D eigenvalue weighted by Gasteiger charge is -2.37. The first-order chi connectivity index (χ1) is 26.9. The van der Waals surface area contributed by atoms with Gasteiger partial charge >= 0.3 is 0 Å². The molecule has 3 fully saturated rings. The first-order valence-corrected chi connectivity index (χ1v) is 19.7. The lowest BCUT2D eigenvalue weighted by molar-refractivity contribution is -0.142. The predicted molar refractivity (Wildman–Crippen MR) is 215 cm³/mol. The summed E-state index contributed by atoms with van der Waals surface area (Å²) < 4.78 is 0. The first kappa shape index (κ1) is 36.2. The quantitative estimate of drug-likeness (QED) is 0.141. The second kappa shape index (κ2) is 16.3. The second-order valence-corrected chi connectivity index (χ2v) is 15.0. The lowest BCUT2D eigenvalue weighted by atomic mass is 10.00. The number of aromatic nitrogens is 1. The molecule has 1 aromatic heterocycles. The fourth-order valence-corrected chi connectivity index (χ4v) is 8.54. The van der Waals surface area contributed by atoms with Gasteiger partial charge in [0.1, 0.15) is 18.1 Å². The number of carbonyl (C=O) groups excluding carboxylic acids is 4. The van der Waals surface area contributed by atoms with Crippen LogP contribution in [0.2, 0.25) is 0 Å². The van der Waals surface area contributed by atoms with E-state index in [1.807, 2.05) is 109 Å². The van der Waals surface area contributed by atoms with E-state index in [2.05, 4.69) is 20.5 Å². The Kier molecular flexibility index (Phi) is 10.8. The van der Waals surface area contributed by atoms with Crippen LogP contribution in [-0.4, -0.2) is 81.6 Å². The summed E-state index contributed by atoms with van der Waals surface area (Å²) in [5, 5.41) is 7.08. The van der Waals surface area contributed by atoms with Gasteiger partial charge in [-0.3, -0.25) is 24.1 Å². The van der Waals surface area contributed by atoms with Crippen LogP contribution in [0.4, 0.5) is 11.4 Å². The maximum atomic E-state index is 14.2. The van der Waals surface area contributed by atoms with Crippen molar-refractivity contribution in [1.29, 1.82) is 0 Å². The average Bonchev–Trinajstić information content (AvgIpc) is 4.00. The maximum Gasteiger partial charge on any atom is 0.247 e. The number of H-pyrrole nitrogens is 1. The number of amides is 4. The summed E-state index contributed by atoms with van der Waals surface area (Å²) in [5.74, 6) is -0.353. The molecule has 3 aliphatic rings. The van der Waals surface area contributed by atoms with Gasteiger partial charge in [-0.1, -0.05) is 79.2 Å². The van der Waals surface area contributed by atoms with Crippen molar-refractivity contribution < 1.29 is 19.2 Å². The summed E-state index contributed by atoms with van der Waals surface area (Å²) in [6, 6.07) is 33.7. The highest BCUT2D eigenvalue weighted by molar-refractivity contribution is 6.01. The summed E-state index contributed by atoms with van der Waals surface area (Å²) >= 11 is 0. The number of rotatable bonds is 10. The average molecular weight is 737 g/mol. The van der Waals surface area contributed by atoms with Gasteiger partial charge in [-0.05, 0) is 105 Å². The molecule has 4 aromatic carbocycles. The van der Waals surface area contributed by atoms with E-state index >= 15 is 0 Å². The highest BCUT2D eigenvalue weighted by Gasteiger charge is 2.40. The van der Waals surface area contributed by atoms with E-state index in [1.54, 1.807) is 9.80 Å². The van der Waals surface area contributed by atoms with Crippen LogP contribution in [-0.2, 0) is 25.6 Å². The lowest BCUT2D eigenvalue weighted by Crippen LogP contribution is -2.49. The zero-order valence-corrected chi connectivity index (χ0v) is 31.1. The number of fused-ring (bicyclic) bond motifs is 1. The van der Waals surface area contributed by atoms with Crippen molar-refractivity contribution in [3.63, 3.8) is 0 Å². The van der Waals surface area contributed by atoms with Gasteiger partial charge < -0.3 is 25.4 Å². The van der Waals surface area contributed by atoms with Crippen molar-refractivity contribution in [2.75, 3.05) is 36.8 Å². The molecule has 10 heteroatoms. The van der Waals surface area contributed by atoms with Crippen molar-refractivity contribution in [2.45, 2.75) is 69.5 Å². The number of aromatic amines is 1. The molecular formula is C45H48N6O4. The molecule has 282 valence electrons. The zero-order chi connectivity index (χ0) is 37.7. The van der Waals surface area contributed by atoms with Gasteiger partial charge in [0.15, 0.2) is 0 Å². The summed E-state index contributed by atoms with van der Waals surface area (Å²) in [6.45, 7) is 2.92. The third-order valence-corrected chi connectivity index (χ3v) is 11.4. The van der Waals surface area contributed by atoms with E-state index in [0.717, 1.165) is 72.1 Å². The fraction of sp³-hybridized carbons (Fsp3) is 0.333. The molecule has 0 saturated carbocycles. The fourth-order valence-electron chi connectivity index (χ4n) is 8.54. The number of hydrogen-bond donors (Lipinski definition) is 3. The number of piperidine rings is 1. The Balaban J connectivity index is 0.905. The summed E-state index contributed by atoms with van der Waals surface area (Å²) in [6.07, 6.45) is 6.49. The first-order valence-electron chi connectivity index (χ1n) is 19.7. The molecule has 3 atom stereocenters. The molecule has 3 saturated heterocycles. The molecule has 55 heavy (non-hydrogen) atoms. The number of carbonyl (C=O) groups is 4. The summed E-state index contributed by atoms with van der Waals surface area (Å²) in [4.78, 5) is 63.6. The standard InChI is InChI=1S/C45H48N6O4/c52-41(28-31-12-4-1-5-13-31)50-26-10-16-39(50)43(53)46-35-20-18-32(19-21-35)38-30-34-29-36(22-23-37(34)48-38)47-44(54)40-17-11-27-51(40)45(55)42(33-14-6-2-7-15-33)49-24-8-3-9-25-49/h1-2,4-7,12-15,18-23,29-30,39-40,42,48H,3,8-11,16-17,24-28H2,(H,46,53)(H,47,54)/t39-,40-,42+/m0/s1. The molecule has 3 aliphatic heterocycles. The second-order valence-electron chi connectivity index (χ2n) is 15.0. The number of likely N-dealkylation sites (tertiary alicyclic amines) is 3. The Bertz CT molecular complexity index is 2140. The van der Waals surface area contributed by atoms with Gasteiger partial charge in [-0.15, -0.1) is 0 Å². The molecule has 4 heterocycles. The smallest absolute Gasteiger partial charge is 0.247 e. The minimum absolute atomic E-state index is 0.0107. The van der Waals surface area contributed by atoms with Crippen molar-refractivity contribution in [2.24, 2.45) is 0 Å². The molecule has 10 nitrogen and oxygen atoms in total. The van der Waals surface area contributed by atoms with Crippen LogP contribution in [0.1, 0.15) is 62.1 Å². The van der Waals surface area contributed by atoms with Crippen molar-refractivity contribution >= 4 is 45.9 Å². The van der Waals surface area contributed by atoms with Crippen LogP contribution >= 0.6 is 0 Å². The highest BCUT2D eigenvalue weighted by atomic mass is 16.2. The van der Waals surface area contributed by atoms with Crippen molar-refractivity contribution in [3.8, 4) is 11.3 Å². The molecule has 4 amide bonds. The van der Waals surface area contributed by atoms with Gasteiger partial charge in [-0.2, -0.15) is 0 Å². The molecular weight excluding hydrogens is 689 g/mol. The highest BCUT2D eigenvalue weighted by Crippen LogP contribution is 2.32. The van der Waals surface area contributed by atoms with Crippen LogP contribution < -0.4 is 10.6 Å². The minimum atomic E-state index is -0.522. The Morgan fingerprint density at radius 3 is 1.96 bits per heavy atom. The van der Waals surface area contributed by atoms with Crippen LogP contribution in [0.5, 0.6) is 0 Å². The Morgan fingerprint density at radius 1 is 0.636 bits per heavy atom. The summed E-state index contributed by atoms with van der Waals surface area (Å²) in [5.41, 5.74) is 6.05. The third kappa shape index (κ3) is 8.05. The normalized spacial score (nSPS) is 19.3. The van der Waals surface area contributed by atoms with Crippen LogP contribution in [0.15, 0.2) is 109 Å². The van der Waals surface area contributed by atoms with E-state index in [1.165, 1.54) is 6.42 Å². The van der Waals surface area contributed by atoms with Crippen molar-refractivity contribution in [3.05, 3.63) is 120 Å². The number of hydrogen-bond acceptors (Lipinski definition) is 5. The molecule has 3 N–H and O–H groups in total. The van der Waals surface area contributed by atoms with E-state index in [-0.39, 0.29) is 36.1 Å². The number of benzene rings is 4. The van der Waals surface area contributed by atoms with Gasteiger partial charge in [0.25, 0.3) is 0 Å². The molecule has 0 spiro atoms. The predicted octanol–water partition coefficient (Wildman–Crippen LogP) is 7.16. The largest absolute Gasteiger partial charge is 0.355 e. The Hall–Kier alpha value is -5.74. The van der Waals surface area contributed by atoms with Gasteiger partial charge in [0.05, 0.1) is 6.42 Å². The van der Waals surface area contributed by atoms with Crippen LogP contribution in [0, 0.1) is 0 Å². The topological polar surface area (TPSA) is 118 Å². The van der Waals surface area contributed by atoms with E-state index < -0.39 is 12.1 Å². The molecule has 0 radical (unpaired) electrons. The van der Waals surface area contributed by atoms with E-state index in [0.29, 0.717) is 37.3 Å². The Morgan fingerprint density at radius 2 is 1.25 bits per heavy atom. The summed E-state index contributed by atoms with van der Waals surface area (Å²) in [7, 11) is 0. The number of nitrogens with zero attached hydrogens (tertiary/aromatic N) is 3. The molecule has 8 rings (SSSR count).